The zero-order valence-corrected chi connectivity index (χ0v) is 16.6. The van der Waals surface area contributed by atoms with Crippen molar-refractivity contribution in [3.63, 3.8) is 0 Å². The molecule has 3 aromatic heterocycles. The molecule has 1 amide bonds. The first kappa shape index (κ1) is 18.0. The summed E-state index contributed by atoms with van der Waals surface area (Å²) in [5.41, 5.74) is 2.32. The Morgan fingerprint density at radius 2 is 2.15 bits per heavy atom. The molecule has 0 saturated heterocycles. The Bertz CT molecular complexity index is 1110. The Morgan fingerprint density at radius 1 is 1.26 bits per heavy atom. The molecule has 0 unspecified atom stereocenters. The third-order valence-corrected chi connectivity index (χ3v) is 5.98. The largest absolute Gasteiger partial charge is 0.325 e. The predicted octanol–water partition coefficient (Wildman–Crippen LogP) is 4.55. The van der Waals surface area contributed by atoms with Gasteiger partial charge in [0.25, 0.3) is 0 Å². The van der Waals surface area contributed by atoms with Gasteiger partial charge < -0.3 is 5.32 Å². The minimum absolute atomic E-state index is 0.121. The maximum Gasteiger partial charge on any atom is 0.234 e. The van der Waals surface area contributed by atoms with Gasteiger partial charge in [-0.2, -0.15) is 9.61 Å². The maximum atomic E-state index is 12.2. The number of nitrogens with zero attached hydrogens (tertiary/aromatic N) is 4. The van der Waals surface area contributed by atoms with Crippen molar-refractivity contribution in [2.45, 2.75) is 11.9 Å². The standard InChI is InChI=1S/C18H14ClN5OS2/c1-11-4-5-12(9-13(11)19)20-16(25)10-27-17-7-6-15-21-22-18(24(15)23-17)14-3-2-8-26-14/h2-9H,10H2,1H3,(H,20,25). The van der Waals surface area contributed by atoms with Crippen LogP contribution in [0.15, 0.2) is 52.9 Å². The fourth-order valence-electron chi connectivity index (χ4n) is 2.42. The number of aryl methyl sites for hydroxylation is 1. The number of thioether (sulfide) groups is 1. The van der Waals surface area contributed by atoms with Gasteiger partial charge >= 0.3 is 0 Å². The summed E-state index contributed by atoms with van der Waals surface area (Å²) < 4.78 is 1.70. The van der Waals surface area contributed by atoms with Crippen molar-refractivity contribution in [3.8, 4) is 10.7 Å². The summed E-state index contributed by atoms with van der Waals surface area (Å²) in [5.74, 6) is 0.811. The molecule has 3 heterocycles. The van der Waals surface area contributed by atoms with Crippen LogP contribution >= 0.6 is 34.7 Å². The van der Waals surface area contributed by atoms with E-state index in [9.17, 15) is 4.79 Å². The second kappa shape index (κ2) is 7.67. The normalized spacial score (nSPS) is 11.0. The average molecular weight is 416 g/mol. The highest BCUT2D eigenvalue weighted by Crippen LogP contribution is 2.24. The van der Waals surface area contributed by atoms with Crippen LogP contribution < -0.4 is 5.32 Å². The van der Waals surface area contributed by atoms with E-state index in [0.29, 0.717) is 22.2 Å². The summed E-state index contributed by atoms with van der Waals surface area (Å²) in [6, 6.07) is 13.1. The van der Waals surface area contributed by atoms with E-state index >= 15 is 0 Å². The summed E-state index contributed by atoms with van der Waals surface area (Å²) in [4.78, 5) is 13.2. The minimum Gasteiger partial charge on any atom is -0.325 e. The van der Waals surface area contributed by atoms with Crippen molar-refractivity contribution in [1.29, 1.82) is 0 Å². The van der Waals surface area contributed by atoms with E-state index < -0.39 is 0 Å². The van der Waals surface area contributed by atoms with Crippen molar-refractivity contribution in [1.82, 2.24) is 19.8 Å². The molecular weight excluding hydrogens is 402 g/mol. The molecule has 1 aromatic carbocycles. The number of hydrogen-bond donors (Lipinski definition) is 1. The summed E-state index contributed by atoms with van der Waals surface area (Å²) >= 11 is 9.02. The number of nitrogens with one attached hydrogen (secondary N) is 1. The Morgan fingerprint density at radius 3 is 2.93 bits per heavy atom. The molecule has 1 N–H and O–H groups in total. The molecule has 0 aliphatic rings. The van der Waals surface area contributed by atoms with E-state index in [2.05, 4.69) is 20.6 Å². The topological polar surface area (TPSA) is 72.2 Å². The SMILES string of the molecule is Cc1ccc(NC(=O)CSc2ccc3nnc(-c4cccs4)n3n2)cc1Cl. The van der Waals surface area contributed by atoms with Crippen LogP contribution in [0.25, 0.3) is 16.3 Å². The highest BCUT2D eigenvalue weighted by molar-refractivity contribution is 7.99. The molecular formula is C18H14ClN5OS2. The molecule has 0 atom stereocenters. The number of thiophene rings is 1. The van der Waals surface area contributed by atoms with Crippen LogP contribution in [0.1, 0.15) is 5.56 Å². The Hall–Kier alpha value is -2.42. The number of rotatable bonds is 5. The number of anilines is 1. The van der Waals surface area contributed by atoms with E-state index in [1.54, 1.807) is 21.9 Å². The Kier molecular flexibility index (Phi) is 5.11. The van der Waals surface area contributed by atoms with Gasteiger partial charge in [0.2, 0.25) is 5.91 Å². The second-order valence-corrected chi connectivity index (χ2v) is 8.09. The lowest BCUT2D eigenvalue weighted by Crippen LogP contribution is -2.14. The fraction of sp³-hybridized carbons (Fsp3) is 0.111. The molecule has 0 aliphatic carbocycles. The van der Waals surface area contributed by atoms with Crippen LogP contribution in [-0.2, 0) is 4.79 Å². The number of hydrogen-bond acceptors (Lipinski definition) is 6. The van der Waals surface area contributed by atoms with E-state index in [-0.39, 0.29) is 11.7 Å². The number of carbonyl (C=O) groups is 1. The van der Waals surface area contributed by atoms with E-state index in [1.807, 2.05) is 48.7 Å². The van der Waals surface area contributed by atoms with Gasteiger partial charge in [0, 0.05) is 10.7 Å². The van der Waals surface area contributed by atoms with Gasteiger partial charge in [-0.05, 0) is 48.2 Å². The minimum atomic E-state index is -0.121. The number of benzene rings is 1. The third kappa shape index (κ3) is 3.97. The number of aromatic nitrogens is 4. The Balaban J connectivity index is 1.46. The Labute approximate surface area is 168 Å². The van der Waals surface area contributed by atoms with Crippen molar-refractivity contribution in [2.75, 3.05) is 11.1 Å². The van der Waals surface area contributed by atoms with Crippen LogP contribution in [0.3, 0.4) is 0 Å². The molecule has 0 aliphatic heterocycles. The average Bonchev–Trinajstić information content (AvgIpc) is 3.32. The van der Waals surface area contributed by atoms with Crippen LogP contribution in [0.4, 0.5) is 5.69 Å². The van der Waals surface area contributed by atoms with E-state index in [0.717, 1.165) is 15.5 Å². The molecule has 27 heavy (non-hydrogen) atoms. The van der Waals surface area contributed by atoms with Gasteiger partial charge in [-0.25, -0.2) is 0 Å². The molecule has 0 spiro atoms. The molecule has 0 fully saturated rings. The van der Waals surface area contributed by atoms with Crippen LogP contribution in [0.5, 0.6) is 0 Å². The zero-order valence-electron chi connectivity index (χ0n) is 14.2. The monoisotopic (exact) mass is 415 g/mol. The number of amides is 1. The highest BCUT2D eigenvalue weighted by atomic mass is 35.5. The molecule has 9 heteroatoms. The first-order valence-corrected chi connectivity index (χ1v) is 10.3. The van der Waals surface area contributed by atoms with Crippen LogP contribution in [-0.4, -0.2) is 31.5 Å². The van der Waals surface area contributed by atoms with Gasteiger partial charge in [-0.1, -0.05) is 35.5 Å². The van der Waals surface area contributed by atoms with Gasteiger partial charge in [-0.15, -0.1) is 21.5 Å². The molecule has 6 nitrogen and oxygen atoms in total. The van der Waals surface area contributed by atoms with Gasteiger partial charge in [0.05, 0.1) is 10.6 Å². The smallest absolute Gasteiger partial charge is 0.234 e. The predicted molar refractivity (Wildman–Crippen MR) is 110 cm³/mol. The van der Waals surface area contributed by atoms with Gasteiger partial charge in [-0.3, -0.25) is 4.79 Å². The summed E-state index contributed by atoms with van der Waals surface area (Å²) in [7, 11) is 0. The van der Waals surface area contributed by atoms with Crippen molar-refractivity contribution < 1.29 is 4.79 Å². The number of carbonyl (C=O) groups excluding carboxylic acids is 1. The van der Waals surface area contributed by atoms with Gasteiger partial charge in [0.1, 0.15) is 5.03 Å². The lowest BCUT2D eigenvalue weighted by Gasteiger charge is -2.07. The van der Waals surface area contributed by atoms with Crippen LogP contribution in [0, 0.1) is 6.92 Å². The highest BCUT2D eigenvalue weighted by Gasteiger charge is 2.12. The molecule has 136 valence electrons. The molecule has 0 radical (unpaired) electrons. The van der Waals surface area contributed by atoms with Crippen LogP contribution in [0.2, 0.25) is 5.02 Å². The summed E-state index contributed by atoms with van der Waals surface area (Å²) in [6.45, 7) is 1.92. The summed E-state index contributed by atoms with van der Waals surface area (Å²) in [6.07, 6.45) is 0. The number of fused-ring (bicyclic) bond motifs is 1. The second-order valence-electron chi connectivity index (χ2n) is 5.74. The zero-order chi connectivity index (χ0) is 18.8. The molecule has 4 rings (SSSR count). The van der Waals surface area contributed by atoms with E-state index in [4.69, 9.17) is 11.6 Å². The maximum absolute atomic E-state index is 12.2. The lowest BCUT2D eigenvalue weighted by atomic mass is 10.2. The molecule has 0 saturated carbocycles. The number of halogens is 1. The van der Waals surface area contributed by atoms with Crippen molar-refractivity contribution >= 4 is 51.9 Å². The first-order chi connectivity index (χ1) is 13.1. The van der Waals surface area contributed by atoms with E-state index in [1.165, 1.54) is 11.8 Å². The lowest BCUT2D eigenvalue weighted by molar-refractivity contribution is -0.113. The fourth-order valence-corrected chi connectivity index (χ4v) is 3.94. The molecule has 0 bridgehead atoms. The molecule has 4 aromatic rings. The van der Waals surface area contributed by atoms with Crippen molar-refractivity contribution in [3.05, 3.63) is 58.4 Å². The first-order valence-electron chi connectivity index (χ1n) is 8.05. The van der Waals surface area contributed by atoms with Gasteiger partial charge in [0.15, 0.2) is 11.5 Å². The van der Waals surface area contributed by atoms with Crippen molar-refractivity contribution in [2.24, 2.45) is 0 Å². The summed E-state index contributed by atoms with van der Waals surface area (Å²) in [5, 5.41) is 19.1. The third-order valence-electron chi connectivity index (χ3n) is 3.79. The quantitative estimate of drug-likeness (QED) is 0.484.